The summed E-state index contributed by atoms with van der Waals surface area (Å²) in [6.07, 6.45) is -5.81. The van der Waals surface area contributed by atoms with Gasteiger partial charge in [-0.15, -0.1) is 6.58 Å². The van der Waals surface area contributed by atoms with Gasteiger partial charge in [0.25, 0.3) is 0 Å². The van der Waals surface area contributed by atoms with Crippen LogP contribution in [0.25, 0.3) is 0 Å². The SMILES string of the molecule is C=C(C)CC(O)(Cc1cccc(C)c1)[C@@H](O)[C@@](O)(Cc1cccc(C)c1)[C@H](O)[C@@H](O)CO. The van der Waals surface area contributed by atoms with Gasteiger partial charge in [-0.05, 0) is 38.3 Å². The normalized spacial score (nSPS) is 18.3. The third-order valence-electron chi connectivity index (χ3n) is 5.82. The Hall–Kier alpha value is -2.06. The van der Waals surface area contributed by atoms with E-state index in [0.717, 1.165) is 16.7 Å². The lowest BCUT2D eigenvalue weighted by Crippen LogP contribution is -2.66. The van der Waals surface area contributed by atoms with Crippen molar-refractivity contribution in [3.05, 3.63) is 82.9 Å². The van der Waals surface area contributed by atoms with Crippen LogP contribution < -0.4 is 0 Å². The van der Waals surface area contributed by atoms with Gasteiger partial charge in [-0.3, -0.25) is 0 Å². The zero-order valence-electron chi connectivity index (χ0n) is 19.1. The molecule has 0 aliphatic rings. The lowest BCUT2D eigenvalue weighted by Gasteiger charge is -2.46. The average Bonchev–Trinajstić information content (AvgIpc) is 2.71. The van der Waals surface area contributed by atoms with Crippen molar-refractivity contribution in [2.45, 2.75) is 69.5 Å². The first kappa shape index (κ1) is 26.2. The monoisotopic (exact) mass is 444 g/mol. The first-order valence-corrected chi connectivity index (χ1v) is 10.8. The van der Waals surface area contributed by atoms with Crippen LogP contribution in [0.4, 0.5) is 0 Å². The Morgan fingerprint density at radius 3 is 1.84 bits per heavy atom. The molecule has 0 aliphatic heterocycles. The Morgan fingerprint density at radius 1 is 0.906 bits per heavy atom. The summed E-state index contributed by atoms with van der Waals surface area (Å²) in [5, 5.41) is 65.0. The molecule has 0 fully saturated rings. The summed E-state index contributed by atoms with van der Waals surface area (Å²) < 4.78 is 0. The van der Waals surface area contributed by atoms with Crippen LogP contribution in [0.2, 0.25) is 0 Å². The summed E-state index contributed by atoms with van der Waals surface area (Å²) in [5.74, 6) is 0. The van der Waals surface area contributed by atoms with Gasteiger partial charge in [-0.2, -0.15) is 0 Å². The molecule has 6 N–H and O–H groups in total. The average molecular weight is 445 g/mol. The summed E-state index contributed by atoms with van der Waals surface area (Å²) in [7, 11) is 0. The Balaban J connectivity index is 2.54. The number of rotatable bonds is 11. The molecule has 0 saturated heterocycles. The maximum atomic E-state index is 11.6. The molecule has 2 aromatic rings. The van der Waals surface area contributed by atoms with E-state index in [0.29, 0.717) is 11.1 Å². The van der Waals surface area contributed by atoms with E-state index in [2.05, 4.69) is 6.58 Å². The molecule has 5 atom stereocenters. The summed E-state index contributed by atoms with van der Waals surface area (Å²) >= 11 is 0. The van der Waals surface area contributed by atoms with Crippen molar-refractivity contribution in [1.82, 2.24) is 0 Å². The van der Waals surface area contributed by atoms with E-state index in [1.807, 2.05) is 44.2 Å². The van der Waals surface area contributed by atoms with Crippen LogP contribution in [0.15, 0.2) is 60.7 Å². The molecule has 6 heteroatoms. The Bertz CT molecular complexity index is 913. The molecule has 0 amide bonds. The van der Waals surface area contributed by atoms with Crippen LogP contribution in [0.1, 0.15) is 35.6 Å². The van der Waals surface area contributed by atoms with E-state index in [9.17, 15) is 30.6 Å². The quantitative estimate of drug-likeness (QED) is 0.293. The smallest absolute Gasteiger partial charge is 0.126 e. The third kappa shape index (κ3) is 6.25. The molecule has 2 aromatic carbocycles. The fourth-order valence-corrected chi connectivity index (χ4v) is 4.36. The first-order chi connectivity index (χ1) is 14.9. The fourth-order valence-electron chi connectivity index (χ4n) is 4.36. The van der Waals surface area contributed by atoms with E-state index >= 15 is 0 Å². The Labute approximate surface area is 190 Å². The van der Waals surface area contributed by atoms with Gasteiger partial charge in [-0.1, -0.05) is 65.2 Å². The second kappa shape index (κ2) is 10.7. The fraction of sp³-hybridized carbons (Fsp3) is 0.462. The van der Waals surface area contributed by atoms with Crippen LogP contribution in [-0.2, 0) is 12.8 Å². The van der Waals surface area contributed by atoms with Crippen molar-refractivity contribution in [3.8, 4) is 0 Å². The van der Waals surface area contributed by atoms with Gasteiger partial charge >= 0.3 is 0 Å². The topological polar surface area (TPSA) is 121 Å². The van der Waals surface area contributed by atoms with Crippen molar-refractivity contribution in [1.29, 1.82) is 0 Å². The number of benzene rings is 2. The molecule has 1 unspecified atom stereocenters. The lowest BCUT2D eigenvalue weighted by molar-refractivity contribution is -0.228. The van der Waals surface area contributed by atoms with Gasteiger partial charge in [0.1, 0.15) is 29.5 Å². The molecule has 0 bridgehead atoms. The van der Waals surface area contributed by atoms with E-state index in [4.69, 9.17) is 0 Å². The summed E-state index contributed by atoms with van der Waals surface area (Å²) in [4.78, 5) is 0. The third-order valence-corrected chi connectivity index (χ3v) is 5.82. The minimum atomic E-state index is -2.36. The summed E-state index contributed by atoms with van der Waals surface area (Å²) in [6, 6.07) is 14.6. The van der Waals surface area contributed by atoms with E-state index in [1.165, 1.54) is 0 Å². The predicted molar refractivity (Wildman–Crippen MR) is 124 cm³/mol. The van der Waals surface area contributed by atoms with Crippen LogP contribution in [0.5, 0.6) is 0 Å². The highest BCUT2D eigenvalue weighted by Gasteiger charge is 2.54. The van der Waals surface area contributed by atoms with E-state index < -0.39 is 36.1 Å². The minimum absolute atomic E-state index is 0.0131. The van der Waals surface area contributed by atoms with Crippen molar-refractivity contribution in [2.24, 2.45) is 0 Å². The second-order valence-electron chi connectivity index (χ2n) is 9.16. The molecule has 176 valence electrons. The maximum absolute atomic E-state index is 11.6. The molecule has 0 heterocycles. The predicted octanol–water partition coefficient (Wildman–Crippen LogP) is 1.59. The van der Waals surface area contributed by atoms with Gasteiger partial charge in [0.05, 0.1) is 6.61 Å². The minimum Gasteiger partial charge on any atom is -0.394 e. The Morgan fingerprint density at radius 2 is 1.41 bits per heavy atom. The van der Waals surface area contributed by atoms with Gasteiger partial charge in [-0.25, -0.2) is 0 Å². The molecule has 2 rings (SSSR count). The van der Waals surface area contributed by atoms with E-state index in [-0.39, 0.29) is 19.3 Å². The number of aryl methyl sites for hydroxylation is 2. The van der Waals surface area contributed by atoms with Gasteiger partial charge < -0.3 is 30.6 Å². The second-order valence-corrected chi connectivity index (χ2v) is 9.16. The highest BCUT2D eigenvalue weighted by Crippen LogP contribution is 2.36. The molecule has 0 aliphatic carbocycles. The zero-order chi connectivity index (χ0) is 24.1. The first-order valence-electron chi connectivity index (χ1n) is 10.8. The Kier molecular flexibility index (Phi) is 8.76. The molecule has 32 heavy (non-hydrogen) atoms. The highest BCUT2D eigenvalue weighted by molar-refractivity contribution is 5.28. The van der Waals surface area contributed by atoms with Crippen LogP contribution in [0.3, 0.4) is 0 Å². The number of hydrogen-bond acceptors (Lipinski definition) is 6. The molecule has 0 spiro atoms. The van der Waals surface area contributed by atoms with Crippen LogP contribution >= 0.6 is 0 Å². The van der Waals surface area contributed by atoms with Crippen molar-refractivity contribution in [3.63, 3.8) is 0 Å². The zero-order valence-corrected chi connectivity index (χ0v) is 19.1. The largest absolute Gasteiger partial charge is 0.394 e. The van der Waals surface area contributed by atoms with Crippen molar-refractivity contribution >= 4 is 0 Å². The number of aliphatic hydroxyl groups excluding tert-OH is 4. The number of aliphatic hydroxyl groups is 6. The summed E-state index contributed by atoms with van der Waals surface area (Å²) in [6.45, 7) is 8.51. The molecule has 6 nitrogen and oxygen atoms in total. The standard InChI is InChI=1S/C26H36O6/c1-17(2)13-25(31,14-20-9-5-7-18(3)11-20)24(30)26(32,23(29)22(28)16-27)15-21-10-6-8-19(4)12-21/h5-12,22-24,27-32H,1,13-16H2,2-4H3/t22-,23+,24+,25?,26+/m0/s1. The maximum Gasteiger partial charge on any atom is 0.126 e. The van der Waals surface area contributed by atoms with Crippen LogP contribution in [-0.4, -0.2) is 66.8 Å². The van der Waals surface area contributed by atoms with Crippen molar-refractivity contribution in [2.75, 3.05) is 6.61 Å². The summed E-state index contributed by atoms with van der Waals surface area (Å²) in [5.41, 5.74) is -0.451. The van der Waals surface area contributed by atoms with Gasteiger partial charge in [0.15, 0.2) is 0 Å². The lowest BCUT2D eigenvalue weighted by atomic mass is 9.71. The molecular formula is C26H36O6. The highest BCUT2D eigenvalue weighted by atomic mass is 16.4. The van der Waals surface area contributed by atoms with Gasteiger partial charge in [0, 0.05) is 12.8 Å². The van der Waals surface area contributed by atoms with E-state index in [1.54, 1.807) is 25.1 Å². The number of hydrogen-bond donors (Lipinski definition) is 6. The molecule has 0 aromatic heterocycles. The van der Waals surface area contributed by atoms with Gasteiger partial charge in [0.2, 0.25) is 0 Å². The van der Waals surface area contributed by atoms with Crippen LogP contribution in [0, 0.1) is 13.8 Å². The molecular weight excluding hydrogens is 408 g/mol. The van der Waals surface area contributed by atoms with Crippen molar-refractivity contribution < 1.29 is 30.6 Å². The molecule has 0 radical (unpaired) electrons. The molecule has 0 saturated carbocycles.